The molecule has 0 spiro atoms. The van der Waals surface area contributed by atoms with E-state index in [1.54, 1.807) is 12.1 Å². The van der Waals surface area contributed by atoms with E-state index in [1.165, 1.54) is 6.92 Å². The van der Waals surface area contributed by atoms with E-state index in [1.807, 2.05) is 13.0 Å². The number of carbonyl (C=O) groups is 2. The van der Waals surface area contributed by atoms with Gasteiger partial charge in [-0.2, -0.15) is 0 Å². The SMILES string of the molecule is CCc1cccc(OC(C)=O)c1C=O. The number of esters is 1. The smallest absolute Gasteiger partial charge is 0.308 e. The Morgan fingerprint density at radius 2 is 2.21 bits per heavy atom. The predicted molar refractivity (Wildman–Crippen MR) is 52.5 cm³/mol. The van der Waals surface area contributed by atoms with Crippen molar-refractivity contribution in [1.29, 1.82) is 0 Å². The highest BCUT2D eigenvalue weighted by molar-refractivity contribution is 5.83. The van der Waals surface area contributed by atoms with Crippen LogP contribution in [0.25, 0.3) is 0 Å². The number of aryl methyl sites for hydroxylation is 1. The molecule has 0 aliphatic rings. The third-order valence-electron chi connectivity index (χ3n) is 1.91. The van der Waals surface area contributed by atoms with Crippen molar-refractivity contribution in [2.24, 2.45) is 0 Å². The Hall–Kier alpha value is -1.64. The van der Waals surface area contributed by atoms with Gasteiger partial charge in [0.15, 0.2) is 6.29 Å². The van der Waals surface area contributed by atoms with Crippen molar-refractivity contribution in [1.82, 2.24) is 0 Å². The lowest BCUT2D eigenvalue weighted by Crippen LogP contribution is -2.05. The molecule has 1 aromatic carbocycles. The Labute approximate surface area is 82.7 Å². The van der Waals surface area contributed by atoms with E-state index in [4.69, 9.17) is 4.74 Å². The van der Waals surface area contributed by atoms with E-state index >= 15 is 0 Å². The molecular weight excluding hydrogens is 180 g/mol. The molecule has 0 fully saturated rings. The van der Waals surface area contributed by atoms with Gasteiger partial charge in [0.05, 0.1) is 5.56 Å². The topological polar surface area (TPSA) is 43.4 Å². The predicted octanol–water partition coefficient (Wildman–Crippen LogP) is 1.99. The molecule has 1 rings (SSSR count). The van der Waals surface area contributed by atoms with Crippen LogP contribution in [-0.2, 0) is 11.2 Å². The average molecular weight is 192 g/mol. The summed E-state index contributed by atoms with van der Waals surface area (Å²) in [6.07, 6.45) is 1.46. The minimum absolute atomic E-state index is 0.340. The monoisotopic (exact) mass is 192 g/mol. The van der Waals surface area contributed by atoms with Gasteiger partial charge in [0.25, 0.3) is 0 Å². The highest BCUT2D eigenvalue weighted by atomic mass is 16.5. The molecule has 0 saturated heterocycles. The van der Waals surface area contributed by atoms with Crippen molar-refractivity contribution >= 4 is 12.3 Å². The molecule has 1 aromatic rings. The van der Waals surface area contributed by atoms with Gasteiger partial charge in [-0.25, -0.2) is 0 Å². The van der Waals surface area contributed by atoms with Crippen molar-refractivity contribution in [3.8, 4) is 5.75 Å². The Morgan fingerprint density at radius 3 is 2.71 bits per heavy atom. The van der Waals surface area contributed by atoms with Gasteiger partial charge >= 0.3 is 5.97 Å². The van der Waals surface area contributed by atoms with Crippen LogP contribution >= 0.6 is 0 Å². The molecule has 74 valence electrons. The van der Waals surface area contributed by atoms with Crippen LogP contribution < -0.4 is 4.74 Å². The quantitative estimate of drug-likeness (QED) is 0.418. The molecule has 0 aliphatic carbocycles. The number of benzene rings is 1. The number of ether oxygens (including phenoxy) is 1. The van der Waals surface area contributed by atoms with Gasteiger partial charge in [0, 0.05) is 6.92 Å². The van der Waals surface area contributed by atoms with Crippen LogP contribution in [0.2, 0.25) is 0 Å². The lowest BCUT2D eigenvalue weighted by atomic mass is 10.1. The average Bonchev–Trinajstić information content (AvgIpc) is 2.16. The van der Waals surface area contributed by atoms with Gasteiger partial charge in [-0.3, -0.25) is 9.59 Å². The molecule has 0 aliphatic heterocycles. The Balaban J connectivity index is 3.14. The van der Waals surface area contributed by atoms with Gasteiger partial charge in [-0.1, -0.05) is 19.1 Å². The van der Waals surface area contributed by atoms with Gasteiger partial charge < -0.3 is 4.74 Å². The van der Waals surface area contributed by atoms with Crippen LogP contribution in [0.1, 0.15) is 29.8 Å². The fourth-order valence-corrected chi connectivity index (χ4v) is 1.28. The molecule has 14 heavy (non-hydrogen) atoms. The van der Waals surface area contributed by atoms with E-state index in [9.17, 15) is 9.59 Å². The van der Waals surface area contributed by atoms with E-state index in [-0.39, 0.29) is 0 Å². The molecule has 3 heteroatoms. The summed E-state index contributed by atoms with van der Waals surface area (Å²) in [6.45, 7) is 3.26. The minimum Gasteiger partial charge on any atom is -0.426 e. The minimum atomic E-state index is -0.415. The highest BCUT2D eigenvalue weighted by Gasteiger charge is 2.08. The fraction of sp³-hybridized carbons (Fsp3) is 0.273. The maximum Gasteiger partial charge on any atom is 0.308 e. The summed E-state index contributed by atoms with van der Waals surface area (Å²) >= 11 is 0. The van der Waals surface area contributed by atoms with Crippen LogP contribution in [-0.4, -0.2) is 12.3 Å². The van der Waals surface area contributed by atoms with Gasteiger partial charge in [0.1, 0.15) is 5.75 Å². The van der Waals surface area contributed by atoms with Crippen molar-refractivity contribution < 1.29 is 14.3 Å². The molecule has 0 radical (unpaired) electrons. The van der Waals surface area contributed by atoms with Crippen molar-refractivity contribution in [3.63, 3.8) is 0 Å². The molecule has 0 atom stereocenters. The first-order valence-corrected chi connectivity index (χ1v) is 4.44. The van der Waals surface area contributed by atoms with Crippen LogP contribution in [0.15, 0.2) is 18.2 Å². The number of hydrogen-bond acceptors (Lipinski definition) is 3. The molecule has 0 saturated carbocycles. The van der Waals surface area contributed by atoms with Crippen molar-refractivity contribution in [3.05, 3.63) is 29.3 Å². The zero-order chi connectivity index (χ0) is 10.6. The summed E-state index contributed by atoms with van der Waals surface area (Å²) in [5.74, 6) is -0.0757. The Morgan fingerprint density at radius 1 is 1.50 bits per heavy atom. The van der Waals surface area contributed by atoms with Crippen molar-refractivity contribution in [2.75, 3.05) is 0 Å². The largest absolute Gasteiger partial charge is 0.426 e. The zero-order valence-corrected chi connectivity index (χ0v) is 8.24. The first-order valence-electron chi connectivity index (χ1n) is 4.44. The zero-order valence-electron chi connectivity index (χ0n) is 8.24. The molecule has 0 heterocycles. The standard InChI is InChI=1S/C11H12O3/c1-3-9-5-4-6-11(10(9)7-12)14-8(2)13/h4-7H,3H2,1-2H3. The number of hydrogen-bond donors (Lipinski definition) is 0. The maximum atomic E-state index is 10.8. The molecule has 0 bridgehead atoms. The first kappa shape index (κ1) is 10.4. The summed E-state index contributed by atoms with van der Waals surface area (Å²) in [5.41, 5.74) is 1.35. The summed E-state index contributed by atoms with van der Waals surface area (Å²) in [7, 11) is 0. The second-order valence-corrected chi connectivity index (χ2v) is 2.89. The van der Waals surface area contributed by atoms with Gasteiger partial charge in [-0.15, -0.1) is 0 Å². The molecule has 0 amide bonds. The van der Waals surface area contributed by atoms with E-state index in [2.05, 4.69) is 0 Å². The van der Waals surface area contributed by atoms with Gasteiger partial charge in [0.2, 0.25) is 0 Å². The van der Waals surface area contributed by atoms with E-state index in [0.29, 0.717) is 11.3 Å². The van der Waals surface area contributed by atoms with Crippen LogP contribution in [0.4, 0.5) is 0 Å². The second-order valence-electron chi connectivity index (χ2n) is 2.89. The van der Waals surface area contributed by atoms with E-state index < -0.39 is 5.97 Å². The summed E-state index contributed by atoms with van der Waals surface area (Å²) < 4.78 is 4.91. The Bertz CT molecular complexity index is 356. The normalized spacial score (nSPS) is 9.57. The second kappa shape index (κ2) is 4.56. The fourth-order valence-electron chi connectivity index (χ4n) is 1.28. The molecule has 0 aromatic heterocycles. The number of carbonyl (C=O) groups excluding carboxylic acids is 2. The Kier molecular flexibility index (Phi) is 3.40. The number of aldehydes is 1. The maximum absolute atomic E-state index is 10.8. The van der Waals surface area contributed by atoms with Crippen LogP contribution in [0.5, 0.6) is 5.75 Å². The van der Waals surface area contributed by atoms with Gasteiger partial charge in [-0.05, 0) is 18.1 Å². The molecular formula is C11H12O3. The molecule has 0 N–H and O–H groups in total. The number of rotatable bonds is 3. The van der Waals surface area contributed by atoms with E-state index in [0.717, 1.165) is 18.3 Å². The third kappa shape index (κ3) is 2.19. The summed E-state index contributed by atoms with van der Waals surface area (Å²) in [6, 6.07) is 5.23. The molecule has 0 unspecified atom stereocenters. The summed E-state index contributed by atoms with van der Waals surface area (Å²) in [5, 5.41) is 0. The summed E-state index contributed by atoms with van der Waals surface area (Å²) in [4.78, 5) is 21.5. The highest BCUT2D eigenvalue weighted by Crippen LogP contribution is 2.21. The third-order valence-corrected chi connectivity index (χ3v) is 1.91. The lowest BCUT2D eigenvalue weighted by Gasteiger charge is -2.07. The lowest BCUT2D eigenvalue weighted by molar-refractivity contribution is -0.131. The molecule has 3 nitrogen and oxygen atoms in total. The first-order chi connectivity index (χ1) is 6.69. The van der Waals surface area contributed by atoms with Crippen LogP contribution in [0, 0.1) is 0 Å². The van der Waals surface area contributed by atoms with Crippen molar-refractivity contribution in [2.45, 2.75) is 20.3 Å². The van der Waals surface area contributed by atoms with Crippen LogP contribution in [0.3, 0.4) is 0 Å².